The fraction of sp³-hybridized carbons (Fsp3) is 0.600. The normalized spacial score (nSPS) is 40.1. The number of nitrogens with two attached hydrogens (primary N) is 1. The Labute approximate surface area is 369 Å². The maximum Gasteiger partial charge on any atom is 0.303 e. The number of aromatic hydroxyl groups is 1. The molecule has 7 aliphatic carbocycles. The Bertz CT molecular complexity index is 2290. The van der Waals surface area contributed by atoms with E-state index in [9.17, 15) is 69.6 Å². The van der Waals surface area contributed by atoms with Gasteiger partial charge in [-0.1, -0.05) is 31.6 Å². The number of halogens is 1. The van der Waals surface area contributed by atoms with E-state index in [0.717, 1.165) is 31.3 Å². The molecule has 1 amide bonds. The van der Waals surface area contributed by atoms with Crippen molar-refractivity contribution in [3.8, 4) is 5.75 Å². The predicted molar refractivity (Wildman–Crippen MR) is 223 cm³/mol. The lowest BCUT2D eigenvalue weighted by Crippen LogP contribution is -2.71. The summed E-state index contributed by atoms with van der Waals surface area (Å²) in [6.45, 7) is 6.18. The molecule has 0 heterocycles. The van der Waals surface area contributed by atoms with E-state index in [2.05, 4.69) is 6.92 Å². The molecule has 7 unspecified atom stereocenters. The van der Waals surface area contributed by atoms with Gasteiger partial charge in [-0.05, 0) is 100 Å². The van der Waals surface area contributed by atoms with Crippen molar-refractivity contribution in [3.05, 3.63) is 57.9 Å². The first-order chi connectivity index (χ1) is 28.7. The lowest BCUT2D eigenvalue weighted by atomic mass is 9.45. The predicted octanol–water partition coefficient (Wildman–Crippen LogP) is 1.37. The van der Waals surface area contributed by atoms with Gasteiger partial charge in [-0.2, -0.15) is 0 Å². The molecular formula is C45H57ClN2O15. The molecule has 8 rings (SSSR count). The number of carbonyl (C=O) groups excluding carboxylic acids is 6. The molecule has 344 valence electrons. The van der Waals surface area contributed by atoms with Crippen LogP contribution < -0.4 is 5.73 Å². The van der Waals surface area contributed by atoms with Gasteiger partial charge in [-0.25, -0.2) is 0 Å². The van der Waals surface area contributed by atoms with Gasteiger partial charge < -0.3 is 51.3 Å². The van der Waals surface area contributed by atoms with E-state index in [-0.39, 0.29) is 52.5 Å². The van der Waals surface area contributed by atoms with Gasteiger partial charge in [-0.3, -0.25) is 33.7 Å². The van der Waals surface area contributed by atoms with Crippen LogP contribution >= 0.6 is 12.4 Å². The number of ether oxygens (including phenoxy) is 1. The summed E-state index contributed by atoms with van der Waals surface area (Å²) in [5.74, 6) is -10.1. The Morgan fingerprint density at radius 3 is 2.19 bits per heavy atom. The number of aliphatic hydroxyl groups excluding tert-OH is 4. The summed E-state index contributed by atoms with van der Waals surface area (Å²) in [6, 6.07) is 2.50. The first kappa shape index (κ1) is 48.0. The topological polar surface area (TPSA) is 303 Å². The summed E-state index contributed by atoms with van der Waals surface area (Å²) in [7, 11) is 2.80. The number of hydrogen-bond acceptors (Lipinski definition) is 16. The summed E-state index contributed by atoms with van der Waals surface area (Å²) in [5, 5.41) is 89.1. The maximum absolute atomic E-state index is 13.7. The second-order valence-corrected chi connectivity index (χ2v) is 19.2. The van der Waals surface area contributed by atoms with Crippen molar-refractivity contribution in [1.82, 2.24) is 4.90 Å². The average molecular weight is 901 g/mol. The number of fused-ring (bicyclic) bond motifs is 8. The molecule has 7 aliphatic rings. The zero-order valence-electron chi connectivity index (χ0n) is 36.0. The lowest BCUT2D eigenvalue weighted by molar-refractivity contribution is -0.184. The first-order valence-corrected chi connectivity index (χ1v) is 20.9. The standard InChI is InChI=1S/C23H32O6.C22H24N2O9.ClH/c1-13(24)29-12-19(27)23(28)9-7-17-16-5-4-14-10-15(25)6-8-21(14,2)20(16)18(26)11-22(17,23)3;1-21(32)7-5-4-6-8(25)9(7)15(26)10-12(21)17(28)13-14(24(2)3)16(27)11(20(23)31)19(30)22(13,33)18(10)29;/h10,16-18,20,26,28H,4-9,11-12H2,1-3H3;4-6,12-14,17,25-26,28,30,32-33H,1-3H3,(H2,23,31);1H/t;12-,13-,14+,17+,21+,22+;/m.1./s1. The van der Waals surface area contributed by atoms with Crippen LogP contribution in [-0.2, 0) is 39.1 Å². The van der Waals surface area contributed by atoms with E-state index >= 15 is 0 Å². The number of nitrogens with zero attached hydrogens (tertiary/aromatic N) is 1. The number of primary amides is 1. The maximum atomic E-state index is 13.7. The number of phenols is 1. The van der Waals surface area contributed by atoms with Crippen LogP contribution in [-0.4, -0.2) is 131 Å². The molecule has 0 aromatic heterocycles. The molecule has 0 spiro atoms. The number of Topliss-reactive ketones (excluding diaryl/α,β-unsaturated/α-hetero) is 3. The number of amides is 1. The molecule has 1 aromatic carbocycles. The Kier molecular flexibility index (Phi) is 12.1. The summed E-state index contributed by atoms with van der Waals surface area (Å²) in [4.78, 5) is 75.9. The minimum absolute atomic E-state index is 0. The van der Waals surface area contributed by atoms with E-state index in [1.807, 2.05) is 6.92 Å². The number of ketones is 4. The zero-order chi connectivity index (χ0) is 46.0. The van der Waals surface area contributed by atoms with E-state index < -0.39 is 117 Å². The zero-order valence-corrected chi connectivity index (χ0v) is 36.8. The smallest absolute Gasteiger partial charge is 0.303 e. The molecule has 10 N–H and O–H groups in total. The number of hydrogen-bond donors (Lipinski definition) is 9. The molecule has 4 fully saturated rings. The number of allylic oxidation sites excluding steroid dienone is 1. The minimum Gasteiger partial charge on any atom is -0.508 e. The molecule has 0 saturated heterocycles. The molecule has 13 atom stereocenters. The van der Waals surface area contributed by atoms with Crippen molar-refractivity contribution in [2.75, 3.05) is 20.7 Å². The first-order valence-electron chi connectivity index (χ1n) is 20.9. The Hall–Kier alpha value is -4.49. The number of rotatable bonds is 5. The third-order valence-corrected chi connectivity index (χ3v) is 16.0. The molecule has 1 aromatic rings. The Morgan fingerprint density at radius 1 is 0.937 bits per heavy atom. The van der Waals surface area contributed by atoms with Crippen LogP contribution in [0.15, 0.2) is 46.8 Å². The summed E-state index contributed by atoms with van der Waals surface area (Å²) < 4.78 is 4.89. The number of likely N-dealkylation sites (N-methyl/N-ethyl adjacent to an activating group) is 1. The number of esters is 1. The van der Waals surface area contributed by atoms with E-state index in [1.54, 1.807) is 6.08 Å². The second-order valence-electron chi connectivity index (χ2n) is 19.2. The highest BCUT2D eigenvalue weighted by Gasteiger charge is 2.71. The summed E-state index contributed by atoms with van der Waals surface area (Å²) in [5.41, 5.74) is -3.13. The van der Waals surface area contributed by atoms with Crippen molar-refractivity contribution in [2.45, 2.75) is 108 Å². The highest BCUT2D eigenvalue weighted by Crippen LogP contribution is 2.68. The van der Waals surface area contributed by atoms with Crippen LogP contribution in [0.3, 0.4) is 0 Å². The van der Waals surface area contributed by atoms with Gasteiger partial charge in [0.05, 0.1) is 46.8 Å². The van der Waals surface area contributed by atoms with Crippen molar-refractivity contribution in [3.63, 3.8) is 0 Å². The second kappa shape index (κ2) is 15.9. The van der Waals surface area contributed by atoms with Gasteiger partial charge >= 0.3 is 5.97 Å². The van der Waals surface area contributed by atoms with Crippen molar-refractivity contribution >= 4 is 53.2 Å². The highest BCUT2D eigenvalue weighted by atomic mass is 35.5. The quantitative estimate of drug-likeness (QED) is 0.149. The van der Waals surface area contributed by atoms with Gasteiger partial charge in [0.1, 0.15) is 28.4 Å². The highest BCUT2D eigenvalue weighted by molar-refractivity contribution is 6.24. The van der Waals surface area contributed by atoms with Gasteiger partial charge in [0.15, 0.2) is 23.8 Å². The number of benzene rings is 1. The monoisotopic (exact) mass is 900 g/mol. The molecule has 63 heavy (non-hydrogen) atoms. The van der Waals surface area contributed by atoms with Crippen molar-refractivity contribution < 1.29 is 74.4 Å². The van der Waals surface area contributed by atoms with Gasteiger partial charge in [-0.15, -0.1) is 12.4 Å². The van der Waals surface area contributed by atoms with Gasteiger partial charge in [0.2, 0.25) is 11.6 Å². The van der Waals surface area contributed by atoms with Crippen LogP contribution in [0, 0.1) is 40.4 Å². The molecule has 0 aliphatic heterocycles. The Morgan fingerprint density at radius 2 is 1.59 bits per heavy atom. The molecule has 0 bridgehead atoms. The van der Waals surface area contributed by atoms with Crippen LogP contribution in [0.2, 0.25) is 0 Å². The van der Waals surface area contributed by atoms with Crippen LogP contribution in [0.4, 0.5) is 0 Å². The van der Waals surface area contributed by atoms with Gasteiger partial charge in [0.25, 0.3) is 5.91 Å². The van der Waals surface area contributed by atoms with Crippen LogP contribution in [0.1, 0.15) is 83.8 Å². The summed E-state index contributed by atoms with van der Waals surface area (Å²) in [6.07, 6.45) is 3.66. The van der Waals surface area contributed by atoms with E-state index in [1.165, 1.54) is 51.0 Å². The SMILES string of the molecule is CC(=O)OCC(=O)C1(O)CCC2C3CCC4=CC(=O)CCC4(C)C3C(O)CC21C.CN(C)[C@@H]1C(=O)C(C(N)=O)=C(O)[C@@]2(O)C(=O)C3=C(O)c4c(O)cccc4[C@](C)(O)[C@H]3[C@H](O)[C@@H]12.Cl. The molecular weight excluding hydrogens is 844 g/mol. The largest absolute Gasteiger partial charge is 0.508 e. The third kappa shape index (κ3) is 6.63. The van der Waals surface area contributed by atoms with E-state index in [0.29, 0.717) is 19.3 Å². The van der Waals surface area contributed by atoms with Crippen molar-refractivity contribution in [2.24, 2.45) is 46.2 Å². The fourth-order valence-corrected chi connectivity index (χ4v) is 13.0. The number of phenolic OH excluding ortho intramolecular Hbond substituents is 1. The molecule has 0 radical (unpaired) electrons. The third-order valence-electron chi connectivity index (χ3n) is 16.0. The van der Waals surface area contributed by atoms with Gasteiger partial charge in [0, 0.05) is 18.8 Å². The average Bonchev–Trinajstić information content (AvgIpc) is 3.45. The van der Waals surface area contributed by atoms with E-state index in [4.69, 9.17) is 10.5 Å². The van der Waals surface area contributed by atoms with Crippen LogP contribution in [0.5, 0.6) is 5.75 Å². The minimum atomic E-state index is -3.02. The fourth-order valence-electron chi connectivity index (χ4n) is 13.0. The molecule has 18 heteroatoms. The van der Waals surface area contributed by atoms with Crippen molar-refractivity contribution in [1.29, 1.82) is 0 Å². The van der Waals surface area contributed by atoms with Crippen LogP contribution in [0.25, 0.3) is 5.76 Å². The Balaban J connectivity index is 0.000000208. The number of carbonyl (C=O) groups is 6. The summed E-state index contributed by atoms with van der Waals surface area (Å²) >= 11 is 0. The molecule has 17 nitrogen and oxygen atoms in total. The molecule has 4 saturated carbocycles. The number of aliphatic hydroxyl groups is 7. The lowest BCUT2D eigenvalue weighted by Gasteiger charge is -2.60.